The van der Waals surface area contributed by atoms with E-state index in [1.807, 2.05) is 6.07 Å². The van der Waals surface area contributed by atoms with Crippen LogP contribution in [0.5, 0.6) is 0 Å². The third-order valence-electron chi connectivity index (χ3n) is 1.98. The van der Waals surface area contributed by atoms with Crippen LogP contribution < -0.4 is 0 Å². The lowest BCUT2D eigenvalue weighted by Gasteiger charge is -2.17. The molecule has 1 aromatic rings. The van der Waals surface area contributed by atoms with Gasteiger partial charge >= 0.3 is 0 Å². The minimum Gasteiger partial charge on any atom is -0.326 e. The normalized spacial score (nSPS) is 9.62. The number of pyridine rings is 1. The van der Waals surface area contributed by atoms with E-state index in [2.05, 4.69) is 4.98 Å². The predicted molar refractivity (Wildman–Crippen MR) is 61.4 cm³/mol. The van der Waals surface area contributed by atoms with Crippen molar-refractivity contribution in [1.29, 1.82) is 5.26 Å². The van der Waals surface area contributed by atoms with E-state index < -0.39 is 0 Å². The molecule has 0 aromatic carbocycles. The van der Waals surface area contributed by atoms with Crippen molar-refractivity contribution >= 4 is 29.1 Å². The van der Waals surface area contributed by atoms with Gasteiger partial charge in [-0.1, -0.05) is 23.2 Å². The predicted octanol–water partition coefficient (Wildman–Crippen LogP) is 2.37. The Morgan fingerprint density at radius 3 is 2.88 bits per heavy atom. The smallest absolute Gasteiger partial charge is 0.256 e. The Bertz CT molecular complexity index is 442. The van der Waals surface area contributed by atoms with Gasteiger partial charge in [0.15, 0.2) is 0 Å². The summed E-state index contributed by atoms with van der Waals surface area (Å²) < 4.78 is 0. The van der Waals surface area contributed by atoms with Gasteiger partial charge in [0, 0.05) is 12.7 Å². The fourth-order valence-corrected chi connectivity index (χ4v) is 1.50. The summed E-state index contributed by atoms with van der Waals surface area (Å²) >= 11 is 11.5. The fourth-order valence-electron chi connectivity index (χ4n) is 1.16. The Morgan fingerprint density at radius 2 is 2.31 bits per heavy atom. The van der Waals surface area contributed by atoms with Gasteiger partial charge in [-0.05, 0) is 13.0 Å². The number of hydrogen-bond acceptors (Lipinski definition) is 3. The molecule has 0 N–H and O–H groups in total. The number of carbonyl (C=O) groups excluding carboxylic acids is 1. The van der Waals surface area contributed by atoms with Crippen LogP contribution in [-0.4, -0.2) is 28.9 Å². The van der Waals surface area contributed by atoms with Crippen LogP contribution in [0.2, 0.25) is 10.2 Å². The second-order valence-corrected chi connectivity index (χ2v) is 3.76. The molecule has 4 nitrogen and oxygen atoms in total. The van der Waals surface area contributed by atoms with Gasteiger partial charge in [-0.2, -0.15) is 5.26 Å². The number of halogens is 2. The summed E-state index contributed by atoms with van der Waals surface area (Å²) in [5.74, 6) is -0.321. The summed E-state index contributed by atoms with van der Waals surface area (Å²) in [5.41, 5.74) is 0.263. The maximum Gasteiger partial charge on any atom is 0.256 e. The van der Waals surface area contributed by atoms with E-state index in [1.165, 1.54) is 17.2 Å². The number of nitrogens with zero attached hydrogens (tertiary/aromatic N) is 3. The van der Waals surface area contributed by atoms with E-state index in [-0.39, 0.29) is 28.2 Å². The zero-order chi connectivity index (χ0) is 12.1. The molecule has 6 heteroatoms. The maximum absolute atomic E-state index is 11.9. The van der Waals surface area contributed by atoms with Gasteiger partial charge in [-0.25, -0.2) is 4.98 Å². The van der Waals surface area contributed by atoms with Gasteiger partial charge in [0.25, 0.3) is 5.91 Å². The van der Waals surface area contributed by atoms with Crippen LogP contribution in [-0.2, 0) is 0 Å². The second-order valence-electron chi connectivity index (χ2n) is 2.96. The Kier molecular flexibility index (Phi) is 4.53. The van der Waals surface area contributed by atoms with E-state index in [0.29, 0.717) is 6.54 Å². The standard InChI is InChI=1S/C10H9Cl2N3O/c1-2-15(4-3-13)10(16)7-5-9(12)14-6-8(7)11/h5-6H,2,4H2,1H3. The molecule has 1 rings (SSSR count). The van der Waals surface area contributed by atoms with Crippen molar-refractivity contribution in [3.05, 3.63) is 28.0 Å². The molecule has 0 unspecified atom stereocenters. The minimum absolute atomic E-state index is 0.0194. The van der Waals surface area contributed by atoms with Crippen LogP contribution in [0.15, 0.2) is 12.3 Å². The third kappa shape index (κ3) is 2.84. The molecule has 0 spiro atoms. The van der Waals surface area contributed by atoms with E-state index >= 15 is 0 Å². The van der Waals surface area contributed by atoms with E-state index in [4.69, 9.17) is 28.5 Å². The second kappa shape index (κ2) is 5.69. The summed E-state index contributed by atoms with van der Waals surface area (Å²) in [6.45, 7) is 2.24. The molecule has 0 atom stereocenters. The summed E-state index contributed by atoms with van der Waals surface area (Å²) in [6.07, 6.45) is 1.32. The number of aromatic nitrogens is 1. The summed E-state index contributed by atoms with van der Waals surface area (Å²) in [7, 11) is 0. The van der Waals surface area contributed by atoms with Gasteiger partial charge in [0.1, 0.15) is 11.7 Å². The summed E-state index contributed by atoms with van der Waals surface area (Å²) in [6, 6.07) is 3.31. The molecule has 0 aliphatic carbocycles. The van der Waals surface area contributed by atoms with Crippen molar-refractivity contribution < 1.29 is 4.79 Å². The molecule has 0 aliphatic rings. The van der Waals surface area contributed by atoms with Crippen LogP contribution in [0, 0.1) is 11.3 Å². The average molecular weight is 258 g/mol. The quantitative estimate of drug-likeness (QED) is 0.617. The zero-order valence-electron chi connectivity index (χ0n) is 8.57. The van der Waals surface area contributed by atoms with Crippen LogP contribution in [0.1, 0.15) is 17.3 Å². The van der Waals surface area contributed by atoms with E-state index in [9.17, 15) is 4.79 Å². The molecular weight excluding hydrogens is 249 g/mol. The molecule has 0 saturated carbocycles. The van der Waals surface area contributed by atoms with Crippen LogP contribution >= 0.6 is 23.2 Å². The van der Waals surface area contributed by atoms with Crippen molar-refractivity contribution in [1.82, 2.24) is 9.88 Å². The van der Waals surface area contributed by atoms with Gasteiger partial charge < -0.3 is 4.90 Å². The Morgan fingerprint density at radius 1 is 1.62 bits per heavy atom. The Hall–Kier alpha value is -1.31. The SMILES string of the molecule is CCN(CC#N)C(=O)c1cc(Cl)ncc1Cl. The minimum atomic E-state index is -0.321. The maximum atomic E-state index is 11.9. The number of amides is 1. The van der Waals surface area contributed by atoms with Crippen LogP contribution in [0.3, 0.4) is 0 Å². The molecule has 0 radical (unpaired) electrons. The van der Waals surface area contributed by atoms with Crippen molar-refractivity contribution in [2.75, 3.05) is 13.1 Å². The van der Waals surface area contributed by atoms with Gasteiger partial charge in [0.2, 0.25) is 0 Å². The number of hydrogen-bond donors (Lipinski definition) is 0. The van der Waals surface area contributed by atoms with Crippen LogP contribution in [0.25, 0.3) is 0 Å². The average Bonchev–Trinajstić information content (AvgIpc) is 2.28. The highest BCUT2D eigenvalue weighted by Crippen LogP contribution is 2.19. The van der Waals surface area contributed by atoms with Gasteiger partial charge in [-0.3, -0.25) is 4.79 Å². The fraction of sp³-hybridized carbons (Fsp3) is 0.300. The monoisotopic (exact) mass is 257 g/mol. The highest BCUT2D eigenvalue weighted by molar-refractivity contribution is 6.35. The molecule has 1 aromatic heterocycles. The van der Waals surface area contributed by atoms with E-state index in [0.717, 1.165) is 0 Å². The molecule has 0 bridgehead atoms. The zero-order valence-corrected chi connectivity index (χ0v) is 10.1. The molecular formula is C10H9Cl2N3O. The largest absolute Gasteiger partial charge is 0.326 e. The molecule has 0 fully saturated rings. The molecule has 0 saturated heterocycles. The summed E-state index contributed by atoms with van der Waals surface area (Å²) in [5, 5.41) is 8.99. The van der Waals surface area contributed by atoms with Gasteiger partial charge in [0.05, 0.1) is 16.7 Å². The van der Waals surface area contributed by atoms with E-state index in [1.54, 1.807) is 6.92 Å². The molecule has 0 aliphatic heterocycles. The van der Waals surface area contributed by atoms with Crippen LogP contribution in [0.4, 0.5) is 0 Å². The summed E-state index contributed by atoms with van der Waals surface area (Å²) in [4.78, 5) is 17.1. The highest BCUT2D eigenvalue weighted by Gasteiger charge is 2.17. The first-order valence-electron chi connectivity index (χ1n) is 4.57. The highest BCUT2D eigenvalue weighted by atomic mass is 35.5. The first kappa shape index (κ1) is 12.8. The number of carbonyl (C=O) groups is 1. The van der Waals surface area contributed by atoms with Crippen molar-refractivity contribution in [3.63, 3.8) is 0 Å². The lowest BCUT2D eigenvalue weighted by atomic mass is 10.2. The molecule has 16 heavy (non-hydrogen) atoms. The molecule has 84 valence electrons. The number of nitriles is 1. The lowest BCUT2D eigenvalue weighted by Crippen LogP contribution is -2.31. The topological polar surface area (TPSA) is 57.0 Å². The Balaban J connectivity index is 3.03. The third-order valence-corrected chi connectivity index (χ3v) is 2.49. The van der Waals surface area contributed by atoms with Crippen molar-refractivity contribution in [2.45, 2.75) is 6.92 Å². The molecule has 1 amide bonds. The van der Waals surface area contributed by atoms with Gasteiger partial charge in [-0.15, -0.1) is 0 Å². The van der Waals surface area contributed by atoms with Crippen molar-refractivity contribution in [3.8, 4) is 6.07 Å². The number of rotatable bonds is 3. The molecule has 1 heterocycles. The first-order valence-corrected chi connectivity index (χ1v) is 5.33. The lowest BCUT2D eigenvalue weighted by molar-refractivity contribution is 0.0784. The first-order chi connectivity index (χ1) is 7.60. The Labute approximate surface area is 103 Å². The van der Waals surface area contributed by atoms with Crippen molar-refractivity contribution in [2.24, 2.45) is 0 Å².